The van der Waals surface area contributed by atoms with Crippen LogP contribution in [0.1, 0.15) is 16.1 Å². The summed E-state index contributed by atoms with van der Waals surface area (Å²) in [7, 11) is 0. The standard InChI is InChI=1S/C14H11Cl2N5O/c15-9-4-3-8(10(16)6-9)7-21-11-2-1-5-18-12(11)13(20-21)14(22)19-17/h1-6H,7,17H2,(H,19,22). The molecule has 112 valence electrons. The molecule has 8 heteroatoms. The molecule has 1 amide bonds. The van der Waals surface area contributed by atoms with Crippen molar-refractivity contribution in [2.45, 2.75) is 6.54 Å². The lowest BCUT2D eigenvalue weighted by Gasteiger charge is -2.06. The van der Waals surface area contributed by atoms with Crippen LogP contribution in [0.25, 0.3) is 11.0 Å². The minimum absolute atomic E-state index is 0.170. The average Bonchev–Trinajstić information content (AvgIpc) is 2.88. The van der Waals surface area contributed by atoms with Crippen LogP contribution in [-0.4, -0.2) is 20.7 Å². The molecule has 2 heterocycles. The van der Waals surface area contributed by atoms with Crippen molar-refractivity contribution in [1.82, 2.24) is 20.2 Å². The van der Waals surface area contributed by atoms with Crippen molar-refractivity contribution in [3.63, 3.8) is 0 Å². The largest absolute Gasteiger partial charge is 0.289 e. The Morgan fingerprint density at radius 1 is 1.32 bits per heavy atom. The van der Waals surface area contributed by atoms with Gasteiger partial charge in [0, 0.05) is 16.2 Å². The van der Waals surface area contributed by atoms with Crippen molar-refractivity contribution in [3.05, 3.63) is 57.8 Å². The fourth-order valence-electron chi connectivity index (χ4n) is 2.16. The summed E-state index contributed by atoms with van der Waals surface area (Å²) in [5.74, 6) is 4.69. The molecule has 3 aromatic rings. The smallest absolute Gasteiger partial charge is 0.287 e. The Kier molecular flexibility index (Phi) is 3.98. The number of nitrogens with zero attached hydrogens (tertiary/aromatic N) is 3. The molecule has 0 aliphatic heterocycles. The van der Waals surface area contributed by atoms with Gasteiger partial charge in [0.15, 0.2) is 5.69 Å². The molecule has 0 aliphatic carbocycles. The van der Waals surface area contributed by atoms with Gasteiger partial charge in [-0.05, 0) is 29.8 Å². The minimum atomic E-state index is -0.496. The Morgan fingerprint density at radius 3 is 2.86 bits per heavy atom. The SMILES string of the molecule is NNC(=O)c1nn(Cc2ccc(Cl)cc2Cl)c2cccnc12. The summed E-state index contributed by atoms with van der Waals surface area (Å²) < 4.78 is 1.65. The second-order valence-corrected chi connectivity index (χ2v) is 5.43. The number of hydrogen-bond acceptors (Lipinski definition) is 4. The summed E-state index contributed by atoms with van der Waals surface area (Å²) in [6.45, 7) is 0.385. The summed E-state index contributed by atoms with van der Waals surface area (Å²) in [5, 5.41) is 5.38. The molecule has 0 radical (unpaired) electrons. The molecular formula is C14H11Cl2N5O. The fraction of sp³-hybridized carbons (Fsp3) is 0.0714. The number of benzene rings is 1. The summed E-state index contributed by atoms with van der Waals surface area (Å²) in [4.78, 5) is 16.0. The van der Waals surface area contributed by atoms with Crippen molar-refractivity contribution < 1.29 is 4.79 Å². The summed E-state index contributed by atoms with van der Waals surface area (Å²) in [6, 6.07) is 8.83. The van der Waals surface area contributed by atoms with E-state index in [0.717, 1.165) is 5.56 Å². The predicted molar refractivity (Wildman–Crippen MR) is 84.7 cm³/mol. The summed E-state index contributed by atoms with van der Waals surface area (Å²) >= 11 is 12.1. The normalized spacial score (nSPS) is 10.9. The van der Waals surface area contributed by atoms with E-state index < -0.39 is 5.91 Å². The van der Waals surface area contributed by atoms with Crippen LogP contribution in [0.2, 0.25) is 10.0 Å². The third-order valence-corrected chi connectivity index (χ3v) is 3.78. The summed E-state index contributed by atoms with van der Waals surface area (Å²) in [5.41, 5.74) is 4.27. The molecule has 0 spiro atoms. The zero-order chi connectivity index (χ0) is 15.7. The molecule has 22 heavy (non-hydrogen) atoms. The number of hydrogen-bond donors (Lipinski definition) is 2. The maximum Gasteiger partial charge on any atom is 0.287 e. The first-order valence-electron chi connectivity index (χ1n) is 6.36. The van der Waals surface area contributed by atoms with Gasteiger partial charge >= 0.3 is 0 Å². The van der Waals surface area contributed by atoms with Gasteiger partial charge in [0.25, 0.3) is 5.91 Å². The van der Waals surface area contributed by atoms with E-state index in [4.69, 9.17) is 29.0 Å². The van der Waals surface area contributed by atoms with Gasteiger partial charge in [-0.2, -0.15) is 5.10 Å². The molecule has 0 saturated carbocycles. The number of fused-ring (bicyclic) bond motifs is 1. The first kappa shape index (κ1) is 14.8. The predicted octanol–water partition coefficient (Wildman–Crippen LogP) is 2.39. The lowest BCUT2D eigenvalue weighted by Crippen LogP contribution is -2.30. The molecular weight excluding hydrogens is 325 g/mol. The Labute approximate surface area is 135 Å². The number of halogens is 2. The molecule has 0 unspecified atom stereocenters. The first-order chi connectivity index (χ1) is 10.6. The van der Waals surface area contributed by atoms with Crippen LogP contribution < -0.4 is 11.3 Å². The van der Waals surface area contributed by atoms with Crippen LogP contribution in [-0.2, 0) is 6.54 Å². The number of amides is 1. The van der Waals surface area contributed by atoms with Crippen LogP contribution in [0.5, 0.6) is 0 Å². The van der Waals surface area contributed by atoms with E-state index in [1.807, 2.05) is 12.1 Å². The average molecular weight is 336 g/mol. The van der Waals surface area contributed by atoms with Crippen molar-refractivity contribution in [3.8, 4) is 0 Å². The third kappa shape index (κ3) is 2.64. The fourth-order valence-corrected chi connectivity index (χ4v) is 2.63. The highest BCUT2D eigenvalue weighted by atomic mass is 35.5. The lowest BCUT2D eigenvalue weighted by atomic mass is 10.2. The zero-order valence-corrected chi connectivity index (χ0v) is 12.8. The Morgan fingerprint density at radius 2 is 2.14 bits per heavy atom. The maximum absolute atomic E-state index is 11.8. The van der Waals surface area contributed by atoms with Crippen molar-refractivity contribution >= 4 is 40.1 Å². The highest BCUT2D eigenvalue weighted by Crippen LogP contribution is 2.23. The lowest BCUT2D eigenvalue weighted by molar-refractivity contribution is 0.0949. The highest BCUT2D eigenvalue weighted by Gasteiger charge is 2.18. The number of nitrogens with one attached hydrogen (secondary N) is 1. The van der Waals surface area contributed by atoms with Crippen LogP contribution in [0.4, 0.5) is 0 Å². The van der Waals surface area contributed by atoms with E-state index in [9.17, 15) is 4.79 Å². The van der Waals surface area contributed by atoms with Crippen molar-refractivity contribution in [1.29, 1.82) is 0 Å². The first-order valence-corrected chi connectivity index (χ1v) is 7.12. The number of hydrazine groups is 1. The van der Waals surface area contributed by atoms with Gasteiger partial charge in [-0.25, -0.2) is 5.84 Å². The molecule has 0 fully saturated rings. The maximum atomic E-state index is 11.8. The van der Waals surface area contributed by atoms with E-state index in [1.54, 1.807) is 29.1 Å². The molecule has 6 nitrogen and oxygen atoms in total. The molecule has 0 saturated heterocycles. The van der Waals surface area contributed by atoms with Crippen LogP contribution in [0.15, 0.2) is 36.5 Å². The minimum Gasteiger partial charge on any atom is -0.289 e. The van der Waals surface area contributed by atoms with Gasteiger partial charge < -0.3 is 0 Å². The molecule has 0 bridgehead atoms. The van der Waals surface area contributed by atoms with Crippen LogP contribution >= 0.6 is 23.2 Å². The second-order valence-electron chi connectivity index (χ2n) is 4.59. The molecule has 3 N–H and O–H groups in total. The molecule has 3 rings (SSSR count). The van der Waals surface area contributed by atoms with E-state index in [-0.39, 0.29) is 5.69 Å². The molecule has 1 aromatic carbocycles. The van der Waals surface area contributed by atoms with Gasteiger partial charge in [0.05, 0.1) is 12.1 Å². The molecule has 2 aromatic heterocycles. The number of carbonyl (C=O) groups excluding carboxylic acids is 1. The van der Waals surface area contributed by atoms with Crippen LogP contribution in [0, 0.1) is 0 Å². The zero-order valence-electron chi connectivity index (χ0n) is 11.3. The third-order valence-electron chi connectivity index (χ3n) is 3.19. The van der Waals surface area contributed by atoms with E-state index in [2.05, 4.69) is 15.5 Å². The number of rotatable bonds is 3. The van der Waals surface area contributed by atoms with Crippen molar-refractivity contribution in [2.75, 3.05) is 0 Å². The molecule has 0 atom stereocenters. The quantitative estimate of drug-likeness (QED) is 0.437. The Bertz CT molecular complexity index is 862. The number of nitrogen functional groups attached to an aromatic ring is 1. The van der Waals surface area contributed by atoms with Gasteiger partial charge in [-0.3, -0.25) is 19.9 Å². The Balaban J connectivity index is 2.09. The number of nitrogens with two attached hydrogens (primary N) is 1. The van der Waals surface area contributed by atoms with Gasteiger partial charge in [-0.15, -0.1) is 0 Å². The monoisotopic (exact) mass is 335 g/mol. The van der Waals surface area contributed by atoms with Crippen LogP contribution in [0.3, 0.4) is 0 Å². The van der Waals surface area contributed by atoms with Gasteiger partial charge in [0.2, 0.25) is 0 Å². The summed E-state index contributed by atoms with van der Waals surface area (Å²) in [6.07, 6.45) is 1.59. The van der Waals surface area contributed by atoms with Crippen molar-refractivity contribution in [2.24, 2.45) is 5.84 Å². The Hall–Kier alpha value is -2.15. The van der Waals surface area contributed by atoms with E-state index in [0.29, 0.717) is 27.6 Å². The van der Waals surface area contributed by atoms with Gasteiger partial charge in [0.1, 0.15) is 5.52 Å². The second kappa shape index (κ2) is 5.92. The highest BCUT2D eigenvalue weighted by molar-refractivity contribution is 6.35. The number of aromatic nitrogens is 3. The topological polar surface area (TPSA) is 85.8 Å². The van der Waals surface area contributed by atoms with E-state index in [1.165, 1.54) is 0 Å². The van der Waals surface area contributed by atoms with Gasteiger partial charge in [-0.1, -0.05) is 29.3 Å². The number of carbonyl (C=O) groups is 1. The molecule has 0 aliphatic rings. The van der Waals surface area contributed by atoms with E-state index >= 15 is 0 Å². The number of pyridine rings is 1.